The molecule has 120 valence electrons. The number of hydrogen-bond donors (Lipinski definition) is 1. The molecule has 0 saturated heterocycles. The number of fused-ring (bicyclic) bond motifs is 1. The maximum Gasteiger partial charge on any atom is 0.407 e. The molecule has 2 aromatic rings. The van der Waals surface area contributed by atoms with Gasteiger partial charge in [-0.1, -0.05) is 23.4 Å². The number of ether oxygens (including phenoxy) is 1. The first kappa shape index (κ1) is 17.1. The Kier molecular flexibility index (Phi) is 5.46. The van der Waals surface area contributed by atoms with Gasteiger partial charge in [0.2, 0.25) is 0 Å². The third-order valence-corrected chi connectivity index (χ3v) is 3.02. The molecule has 0 aliphatic carbocycles. The third-order valence-electron chi connectivity index (χ3n) is 2.81. The van der Waals surface area contributed by atoms with Gasteiger partial charge >= 0.3 is 6.09 Å². The molecule has 1 aromatic carbocycles. The molecule has 4 nitrogen and oxygen atoms in total. The molecule has 5 heteroatoms. The number of rotatable bonds is 2. The Bertz CT molecular complexity index is 770. The van der Waals surface area contributed by atoms with Crippen LogP contribution in [0, 0.1) is 11.8 Å². The monoisotopic (exact) mass is 330 g/mol. The predicted octanol–water partition coefficient (Wildman–Crippen LogP) is 4.15. The number of aromatic nitrogens is 1. The van der Waals surface area contributed by atoms with Gasteiger partial charge in [0, 0.05) is 23.9 Å². The number of halogens is 1. The number of nitrogens with one attached hydrogen (secondary N) is 1. The first-order chi connectivity index (χ1) is 10.8. The molecule has 0 atom stereocenters. The molecule has 1 heterocycles. The Morgan fingerprint density at radius 1 is 1.30 bits per heavy atom. The lowest BCUT2D eigenvalue weighted by molar-refractivity contribution is 0.0529. The van der Waals surface area contributed by atoms with Crippen LogP contribution in [0.5, 0.6) is 0 Å². The standard InChI is InChI=1S/C18H19ClN2O2/c1-18(2,3)23-17(22)20-11-5-4-6-13-7-9-15-14(12-13)8-10-16(19)21-15/h7-10,12H,5,11H2,1-3H3,(H,20,22). The molecule has 0 aliphatic rings. The second-order valence-corrected chi connectivity index (χ2v) is 6.41. The minimum absolute atomic E-state index is 0.423. The highest BCUT2D eigenvalue weighted by Gasteiger charge is 2.15. The number of pyridine rings is 1. The Morgan fingerprint density at radius 2 is 2.09 bits per heavy atom. The van der Waals surface area contributed by atoms with Crippen molar-refractivity contribution in [2.24, 2.45) is 0 Å². The van der Waals surface area contributed by atoms with E-state index in [1.165, 1.54) is 0 Å². The van der Waals surface area contributed by atoms with Crippen molar-refractivity contribution in [1.82, 2.24) is 10.3 Å². The van der Waals surface area contributed by atoms with Crippen LogP contribution in [-0.2, 0) is 4.74 Å². The molecule has 0 unspecified atom stereocenters. The maximum atomic E-state index is 11.5. The normalized spacial score (nSPS) is 10.8. The van der Waals surface area contributed by atoms with Crippen LogP contribution < -0.4 is 5.32 Å². The van der Waals surface area contributed by atoms with Crippen LogP contribution >= 0.6 is 11.6 Å². The van der Waals surface area contributed by atoms with Crippen molar-refractivity contribution in [2.45, 2.75) is 32.8 Å². The van der Waals surface area contributed by atoms with Crippen LogP contribution in [-0.4, -0.2) is 23.2 Å². The van der Waals surface area contributed by atoms with Crippen molar-refractivity contribution in [3.8, 4) is 11.8 Å². The molecular weight excluding hydrogens is 312 g/mol. The maximum absolute atomic E-state index is 11.5. The average molecular weight is 331 g/mol. The molecule has 0 aliphatic heterocycles. The van der Waals surface area contributed by atoms with Gasteiger partial charge in [0.25, 0.3) is 0 Å². The smallest absolute Gasteiger partial charge is 0.407 e. The fraction of sp³-hybridized carbons (Fsp3) is 0.333. The summed E-state index contributed by atoms with van der Waals surface area (Å²) in [6.45, 7) is 5.93. The fourth-order valence-electron chi connectivity index (χ4n) is 1.88. The van der Waals surface area contributed by atoms with E-state index in [1.54, 1.807) is 6.07 Å². The highest BCUT2D eigenvalue weighted by Crippen LogP contribution is 2.16. The van der Waals surface area contributed by atoms with Gasteiger partial charge in [0.15, 0.2) is 0 Å². The third kappa shape index (κ3) is 5.80. The highest BCUT2D eigenvalue weighted by molar-refractivity contribution is 6.29. The lowest BCUT2D eigenvalue weighted by atomic mass is 10.1. The molecular formula is C18H19ClN2O2. The highest BCUT2D eigenvalue weighted by atomic mass is 35.5. The molecule has 1 amide bonds. The Labute approximate surface area is 141 Å². The van der Waals surface area contributed by atoms with E-state index in [-0.39, 0.29) is 0 Å². The van der Waals surface area contributed by atoms with Gasteiger partial charge in [-0.15, -0.1) is 0 Å². The summed E-state index contributed by atoms with van der Waals surface area (Å²) in [6, 6.07) is 9.43. The number of nitrogens with zero attached hydrogens (tertiary/aromatic N) is 1. The van der Waals surface area contributed by atoms with Crippen molar-refractivity contribution >= 4 is 28.6 Å². The summed E-state index contributed by atoms with van der Waals surface area (Å²) < 4.78 is 5.14. The fourth-order valence-corrected chi connectivity index (χ4v) is 2.04. The van der Waals surface area contributed by atoms with Gasteiger partial charge in [0.1, 0.15) is 10.8 Å². The van der Waals surface area contributed by atoms with Crippen LogP contribution in [0.1, 0.15) is 32.8 Å². The summed E-state index contributed by atoms with van der Waals surface area (Å²) in [5, 5.41) is 4.14. The number of carbonyl (C=O) groups excluding carboxylic acids is 1. The quantitative estimate of drug-likeness (QED) is 0.511. The van der Waals surface area contributed by atoms with Crippen LogP contribution in [0.15, 0.2) is 30.3 Å². The van der Waals surface area contributed by atoms with Crippen molar-refractivity contribution in [3.05, 3.63) is 41.0 Å². The molecule has 0 radical (unpaired) electrons. The predicted molar refractivity (Wildman–Crippen MR) is 92.5 cm³/mol. The van der Waals surface area contributed by atoms with Crippen molar-refractivity contribution in [1.29, 1.82) is 0 Å². The van der Waals surface area contributed by atoms with Crippen LogP contribution in [0.4, 0.5) is 4.79 Å². The number of amides is 1. The van der Waals surface area contributed by atoms with Crippen molar-refractivity contribution in [2.75, 3.05) is 6.54 Å². The SMILES string of the molecule is CC(C)(C)OC(=O)NCCC#Cc1ccc2nc(Cl)ccc2c1. The van der Waals surface area contributed by atoms with E-state index in [2.05, 4.69) is 22.1 Å². The number of benzene rings is 1. The summed E-state index contributed by atoms with van der Waals surface area (Å²) in [5.74, 6) is 6.10. The van der Waals surface area contributed by atoms with E-state index in [1.807, 2.05) is 45.0 Å². The second-order valence-electron chi connectivity index (χ2n) is 6.02. The average Bonchev–Trinajstić information content (AvgIpc) is 2.45. The molecule has 2 rings (SSSR count). The summed E-state index contributed by atoms with van der Waals surface area (Å²) >= 11 is 5.86. The van der Waals surface area contributed by atoms with Crippen LogP contribution in [0.3, 0.4) is 0 Å². The summed E-state index contributed by atoms with van der Waals surface area (Å²) in [6.07, 6.45) is 0.129. The number of carbonyl (C=O) groups is 1. The van der Waals surface area contributed by atoms with Crippen LogP contribution in [0.2, 0.25) is 5.15 Å². The Balaban J connectivity index is 1.87. The zero-order chi connectivity index (χ0) is 16.9. The molecule has 23 heavy (non-hydrogen) atoms. The molecule has 1 N–H and O–H groups in total. The molecule has 0 fully saturated rings. The summed E-state index contributed by atoms with van der Waals surface area (Å²) in [7, 11) is 0. The van der Waals surface area contributed by atoms with Crippen molar-refractivity contribution in [3.63, 3.8) is 0 Å². The van der Waals surface area contributed by atoms with Gasteiger partial charge in [-0.2, -0.15) is 0 Å². The first-order valence-electron chi connectivity index (χ1n) is 7.35. The molecule has 1 aromatic heterocycles. The van der Waals surface area contributed by atoms with Crippen molar-refractivity contribution < 1.29 is 9.53 Å². The summed E-state index contributed by atoms with van der Waals surface area (Å²) in [5.41, 5.74) is 1.26. The molecule has 0 spiro atoms. The Morgan fingerprint density at radius 3 is 2.83 bits per heavy atom. The van der Waals surface area contributed by atoms with E-state index < -0.39 is 11.7 Å². The topological polar surface area (TPSA) is 51.2 Å². The van der Waals surface area contributed by atoms with Gasteiger partial charge in [-0.3, -0.25) is 0 Å². The van der Waals surface area contributed by atoms with Gasteiger partial charge < -0.3 is 10.1 Å². The van der Waals surface area contributed by atoms with E-state index in [0.29, 0.717) is 18.1 Å². The van der Waals surface area contributed by atoms with Gasteiger partial charge in [0.05, 0.1) is 5.52 Å². The zero-order valence-corrected chi connectivity index (χ0v) is 14.2. The lowest BCUT2D eigenvalue weighted by Gasteiger charge is -2.19. The number of alkyl carbamates (subject to hydrolysis) is 1. The van der Waals surface area contributed by atoms with E-state index in [0.717, 1.165) is 16.5 Å². The van der Waals surface area contributed by atoms with E-state index in [4.69, 9.17) is 16.3 Å². The minimum Gasteiger partial charge on any atom is -0.444 e. The van der Waals surface area contributed by atoms with Crippen LogP contribution in [0.25, 0.3) is 10.9 Å². The number of hydrogen-bond acceptors (Lipinski definition) is 3. The summed E-state index contributed by atoms with van der Waals surface area (Å²) in [4.78, 5) is 15.7. The minimum atomic E-state index is -0.488. The van der Waals surface area contributed by atoms with Gasteiger partial charge in [-0.05, 0) is 51.1 Å². The van der Waals surface area contributed by atoms with E-state index >= 15 is 0 Å². The first-order valence-corrected chi connectivity index (χ1v) is 7.73. The zero-order valence-electron chi connectivity index (χ0n) is 13.4. The lowest BCUT2D eigenvalue weighted by Crippen LogP contribution is -2.32. The molecule has 0 saturated carbocycles. The van der Waals surface area contributed by atoms with Gasteiger partial charge in [-0.25, -0.2) is 9.78 Å². The van der Waals surface area contributed by atoms with E-state index in [9.17, 15) is 4.79 Å². The Hall–Kier alpha value is -2.25. The second kappa shape index (κ2) is 7.34. The molecule has 0 bridgehead atoms. The largest absolute Gasteiger partial charge is 0.444 e.